The fourth-order valence-electron chi connectivity index (χ4n) is 3.69. The molecule has 6 nitrogen and oxygen atoms in total. The maximum atomic E-state index is 12.3. The SMILES string of the molecule is Cl.Cn1nc(CN2CCCC2CO)c2c3ccccc3c(=O)[nH]c21. The number of hydrogen-bond donors (Lipinski definition) is 2. The highest BCUT2D eigenvalue weighted by Gasteiger charge is 2.26. The standard InChI is InChI=1S/C17H20N4O2.ClH/c1-20-16-15(12-6-2-3-7-13(12)17(23)18-16)14(19-20)9-21-8-4-5-11(21)10-22;/h2-3,6-7,11,22H,4-5,8-10H2,1H3,(H,18,23);1H. The number of aliphatic hydroxyl groups is 1. The largest absolute Gasteiger partial charge is 0.395 e. The van der Waals surface area contributed by atoms with Crippen LogP contribution in [0.2, 0.25) is 0 Å². The first-order valence-corrected chi connectivity index (χ1v) is 8.00. The summed E-state index contributed by atoms with van der Waals surface area (Å²) in [5.74, 6) is 0. The summed E-state index contributed by atoms with van der Waals surface area (Å²) in [7, 11) is 1.85. The van der Waals surface area contributed by atoms with Gasteiger partial charge in [0.25, 0.3) is 5.56 Å². The van der Waals surface area contributed by atoms with Gasteiger partial charge in [-0.05, 0) is 25.5 Å². The molecule has 1 aliphatic rings. The van der Waals surface area contributed by atoms with Crippen molar-refractivity contribution >= 4 is 34.2 Å². The molecule has 0 bridgehead atoms. The molecule has 1 aromatic carbocycles. The molecular weight excluding hydrogens is 328 g/mol. The number of aryl methyl sites for hydroxylation is 1. The summed E-state index contributed by atoms with van der Waals surface area (Å²) in [5.41, 5.74) is 1.62. The molecule has 3 aromatic rings. The Balaban J connectivity index is 0.00000169. The normalized spacial score (nSPS) is 18.3. The second-order valence-corrected chi connectivity index (χ2v) is 6.24. The molecule has 1 saturated heterocycles. The molecular formula is C17H21ClN4O2. The quantitative estimate of drug-likeness (QED) is 0.757. The van der Waals surface area contributed by atoms with Crippen molar-refractivity contribution in [3.8, 4) is 0 Å². The summed E-state index contributed by atoms with van der Waals surface area (Å²) in [6, 6.07) is 7.86. The zero-order valence-electron chi connectivity index (χ0n) is 13.5. The molecule has 1 fully saturated rings. The van der Waals surface area contributed by atoms with E-state index in [4.69, 9.17) is 0 Å². The van der Waals surface area contributed by atoms with Crippen molar-refractivity contribution in [2.75, 3.05) is 13.2 Å². The number of aliphatic hydroxyl groups excluding tert-OH is 1. The minimum atomic E-state index is -0.0861. The number of rotatable bonds is 3. The molecule has 0 spiro atoms. The number of fused-ring (bicyclic) bond motifs is 3. The van der Waals surface area contributed by atoms with E-state index in [1.807, 2.05) is 31.3 Å². The van der Waals surface area contributed by atoms with E-state index in [1.54, 1.807) is 4.68 Å². The number of halogens is 1. The molecule has 3 heterocycles. The monoisotopic (exact) mass is 348 g/mol. The van der Waals surface area contributed by atoms with Crippen LogP contribution in [-0.4, -0.2) is 44.0 Å². The van der Waals surface area contributed by atoms with Crippen LogP contribution in [0, 0.1) is 0 Å². The number of aromatic nitrogens is 3. The third-order valence-electron chi connectivity index (χ3n) is 4.86. The van der Waals surface area contributed by atoms with Gasteiger partial charge in [0.15, 0.2) is 0 Å². The number of nitrogens with zero attached hydrogens (tertiary/aromatic N) is 3. The molecule has 1 atom stereocenters. The average Bonchev–Trinajstić information content (AvgIpc) is 3.13. The topological polar surface area (TPSA) is 74.2 Å². The summed E-state index contributed by atoms with van der Waals surface area (Å²) in [6.07, 6.45) is 2.13. The van der Waals surface area contributed by atoms with Gasteiger partial charge in [-0.2, -0.15) is 5.10 Å². The third-order valence-corrected chi connectivity index (χ3v) is 4.86. The Kier molecular flexibility index (Phi) is 4.62. The van der Waals surface area contributed by atoms with E-state index in [0.717, 1.165) is 41.5 Å². The third kappa shape index (κ3) is 2.60. The summed E-state index contributed by atoms with van der Waals surface area (Å²) >= 11 is 0. The van der Waals surface area contributed by atoms with Gasteiger partial charge in [-0.25, -0.2) is 0 Å². The van der Waals surface area contributed by atoms with Crippen LogP contribution in [0.25, 0.3) is 21.8 Å². The minimum Gasteiger partial charge on any atom is -0.395 e. The molecule has 7 heteroatoms. The van der Waals surface area contributed by atoms with Crippen molar-refractivity contribution in [2.24, 2.45) is 7.05 Å². The van der Waals surface area contributed by atoms with Crippen LogP contribution in [0.3, 0.4) is 0 Å². The predicted octanol–water partition coefficient (Wildman–Crippen LogP) is 1.79. The van der Waals surface area contributed by atoms with E-state index >= 15 is 0 Å². The van der Waals surface area contributed by atoms with Crippen molar-refractivity contribution in [1.82, 2.24) is 19.7 Å². The number of likely N-dealkylation sites (tertiary alicyclic amines) is 1. The van der Waals surface area contributed by atoms with E-state index < -0.39 is 0 Å². The minimum absolute atomic E-state index is 0. The Morgan fingerprint density at radius 2 is 2.08 bits per heavy atom. The average molecular weight is 349 g/mol. The molecule has 2 aromatic heterocycles. The number of nitrogens with one attached hydrogen (secondary N) is 1. The molecule has 0 amide bonds. The molecule has 0 radical (unpaired) electrons. The molecule has 0 aliphatic carbocycles. The first-order chi connectivity index (χ1) is 11.2. The molecule has 2 N–H and O–H groups in total. The van der Waals surface area contributed by atoms with Crippen molar-refractivity contribution < 1.29 is 5.11 Å². The number of benzene rings is 1. The number of H-pyrrole nitrogens is 1. The van der Waals surface area contributed by atoms with E-state index in [2.05, 4.69) is 15.0 Å². The Labute approximate surface area is 145 Å². The Bertz CT molecular complexity index is 933. The van der Waals surface area contributed by atoms with Gasteiger partial charge < -0.3 is 10.1 Å². The second-order valence-electron chi connectivity index (χ2n) is 6.24. The van der Waals surface area contributed by atoms with Gasteiger partial charge in [0, 0.05) is 35.8 Å². The van der Waals surface area contributed by atoms with E-state index in [9.17, 15) is 9.90 Å². The van der Waals surface area contributed by atoms with Crippen LogP contribution in [-0.2, 0) is 13.6 Å². The highest BCUT2D eigenvalue weighted by Crippen LogP contribution is 2.27. The van der Waals surface area contributed by atoms with Gasteiger partial charge in [-0.3, -0.25) is 14.4 Å². The summed E-state index contributed by atoms with van der Waals surface area (Å²) < 4.78 is 1.74. The molecule has 24 heavy (non-hydrogen) atoms. The number of hydrogen-bond acceptors (Lipinski definition) is 4. The lowest BCUT2D eigenvalue weighted by molar-refractivity contribution is 0.152. The van der Waals surface area contributed by atoms with E-state index in [1.165, 1.54) is 0 Å². The zero-order chi connectivity index (χ0) is 16.0. The van der Waals surface area contributed by atoms with Gasteiger partial charge >= 0.3 is 0 Å². The van der Waals surface area contributed by atoms with Gasteiger partial charge in [-0.15, -0.1) is 12.4 Å². The first kappa shape index (κ1) is 17.0. The smallest absolute Gasteiger partial charge is 0.257 e. The maximum absolute atomic E-state index is 12.3. The van der Waals surface area contributed by atoms with E-state index in [0.29, 0.717) is 11.9 Å². The van der Waals surface area contributed by atoms with Crippen molar-refractivity contribution in [3.05, 3.63) is 40.3 Å². The van der Waals surface area contributed by atoms with E-state index in [-0.39, 0.29) is 30.6 Å². The molecule has 1 aliphatic heterocycles. The van der Waals surface area contributed by atoms with Crippen LogP contribution in [0.5, 0.6) is 0 Å². The van der Waals surface area contributed by atoms with Gasteiger partial charge in [0.2, 0.25) is 0 Å². The maximum Gasteiger partial charge on any atom is 0.257 e. The Morgan fingerprint density at radius 3 is 2.83 bits per heavy atom. The fraction of sp³-hybridized carbons (Fsp3) is 0.412. The number of pyridine rings is 1. The lowest BCUT2D eigenvalue weighted by atomic mass is 10.1. The first-order valence-electron chi connectivity index (χ1n) is 8.00. The zero-order valence-corrected chi connectivity index (χ0v) is 14.3. The van der Waals surface area contributed by atoms with Crippen LogP contribution in [0.1, 0.15) is 18.5 Å². The second kappa shape index (κ2) is 6.55. The van der Waals surface area contributed by atoms with Crippen LogP contribution in [0.15, 0.2) is 29.1 Å². The Hall–Kier alpha value is -1.89. The lowest BCUT2D eigenvalue weighted by Gasteiger charge is -2.21. The van der Waals surface area contributed by atoms with Crippen LogP contribution in [0.4, 0.5) is 0 Å². The highest BCUT2D eigenvalue weighted by atomic mass is 35.5. The number of aromatic amines is 1. The highest BCUT2D eigenvalue weighted by molar-refractivity contribution is 6.05. The molecule has 128 valence electrons. The van der Waals surface area contributed by atoms with Crippen LogP contribution < -0.4 is 5.56 Å². The predicted molar refractivity (Wildman–Crippen MR) is 96.6 cm³/mol. The lowest BCUT2D eigenvalue weighted by Crippen LogP contribution is -2.31. The fourth-order valence-corrected chi connectivity index (χ4v) is 3.69. The summed E-state index contributed by atoms with van der Waals surface area (Å²) in [5, 5.41) is 16.8. The van der Waals surface area contributed by atoms with Crippen molar-refractivity contribution in [1.29, 1.82) is 0 Å². The van der Waals surface area contributed by atoms with Gasteiger partial charge in [0.05, 0.1) is 12.3 Å². The van der Waals surface area contributed by atoms with Crippen molar-refractivity contribution in [3.63, 3.8) is 0 Å². The Morgan fingerprint density at radius 1 is 1.33 bits per heavy atom. The van der Waals surface area contributed by atoms with Crippen LogP contribution >= 0.6 is 12.4 Å². The molecule has 0 saturated carbocycles. The molecule has 4 rings (SSSR count). The molecule has 1 unspecified atom stereocenters. The van der Waals surface area contributed by atoms with Gasteiger partial charge in [0.1, 0.15) is 5.65 Å². The summed E-state index contributed by atoms with van der Waals surface area (Å²) in [6.45, 7) is 1.85. The van der Waals surface area contributed by atoms with Gasteiger partial charge in [-0.1, -0.05) is 18.2 Å². The van der Waals surface area contributed by atoms with Crippen molar-refractivity contribution in [2.45, 2.75) is 25.4 Å². The summed E-state index contributed by atoms with van der Waals surface area (Å²) in [4.78, 5) is 17.5.